The maximum atomic E-state index is 2.54. The van der Waals surface area contributed by atoms with Crippen molar-refractivity contribution in [2.24, 2.45) is 0 Å². The molecule has 0 fully saturated rings. The van der Waals surface area contributed by atoms with E-state index in [0.717, 1.165) is 0 Å². The van der Waals surface area contributed by atoms with Gasteiger partial charge < -0.3 is 0 Å². The molecule has 0 amide bonds. The molecule has 27 heavy (non-hydrogen) atoms. The summed E-state index contributed by atoms with van der Waals surface area (Å²) < 4.78 is 5.08. The van der Waals surface area contributed by atoms with E-state index < -0.39 is 0 Å². The van der Waals surface area contributed by atoms with Crippen LogP contribution >= 0.6 is 0 Å². The predicted molar refractivity (Wildman–Crippen MR) is 119 cm³/mol. The van der Waals surface area contributed by atoms with Gasteiger partial charge in [-0.15, -0.1) is 0 Å². The molecule has 1 aromatic rings. The zero-order valence-corrected chi connectivity index (χ0v) is 19.0. The lowest BCUT2D eigenvalue weighted by Gasteiger charge is -2.06. The highest BCUT2D eigenvalue weighted by Crippen LogP contribution is 2.13. The van der Waals surface area contributed by atoms with Crippen LogP contribution in [0.15, 0.2) is 12.4 Å². The molecule has 1 heterocycles. The number of hydrogen-bond donors (Lipinski definition) is 0. The molecule has 0 bridgehead atoms. The first-order valence-corrected chi connectivity index (χ1v) is 12.4. The van der Waals surface area contributed by atoms with E-state index in [9.17, 15) is 0 Å². The first-order valence-electron chi connectivity index (χ1n) is 12.4. The van der Waals surface area contributed by atoms with E-state index in [1.165, 1.54) is 122 Å². The lowest BCUT2D eigenvalue weighted by atomic mass is 10.1. The van der Waals surface area contributed by atoms with Crippen LogP contribution in [-0.4, -0.2) is 4.57 Å². The van der Waals surface area contributed by atoms with Crippen molar-refractivity contribution in [3.63, 3.8) is 0 Å². The van der Waals surface area contributed by atoms with E-state index in [1.807, 2.05) is 0 Å². The molecule has 0 aromatic carbocycles. The van der Waals surface area contributed by atoms with Gasteiger partial charge in [0.25, 0.3) is 5.82 Å². The Balaban J connectivity index is 2.22. The van der Waals surface area contributed by atoms with Crippen molar-refractivity contribution in [2.45, 2.75) is 143 Å². The van der Waals surface area contributed by atoms with Crippen molar-refractivity contribution < 1.29 is 4.57 Å². The third kappa shape index (κ3) is 11.6. The highest BCUT2D eigenvalue weighted by Gasteiger charge is 2.16. The lowest BCUT2D eigenvalue weighted by Crippen LogP contribution is -2.37. The summed E-state index contributed by atoms with van der Waals surface area (Å²) in [5, 5.41) is 0. The van der Waals surface area contributed by atoms with E-state index in [4.69, 9.17) is 0 Å². The highest BCUT2D eigenvalue weighted by molar-refractivity contribution is 4.84. The number of rotatable bonds is 19. The van der Waals surface area contributed by atoms with Crippen LogP contribution in [0.3, 0.4) is 0 Å². The number of aryl methyl sites for hydroxylation is 2. The van der Waals surface area contributed by atoms with E-state index in [2.05, 4.69) is 42.3 Å². The maximum Gasteiger partial charge on any atom is 0.256 e. The zero-order valence-electron chi connectivity index (χ0n) is 19.0. The summed E-state index contributed by atoms with van der Waals surface area (Å²) in [6, 6.07) is 0. The molecule has 158 valence electrons. The summed E-state index contributed by atoms with van der Waals surface area (Å²) in [4.78, 5) is 0. The summed E-state index contributed by atoms with van der Waals surface area (Å²) in [6.07, 6.45) is 28.2. The van der Waals surface area contributed by atoms with E-state index in [0.29, 0.717) is 0 Å². The fourth-order valence-electron chi connectivity index (χ4n) is 4.00. The Bertz CT molecular complexity index is 436. The molecule has 0 N–H and O–H groups in total. The minimum absolute atomic E-state index is 1.20. The van der Waals surface area contributed by atoms with Crippen molar-refractivity contribution in [2.75, 3.05) is 0 Å². The molecule has 0 saturated heterocycles. The summed E-state index contributed by atoms with van der Waals surface area (Å²) >= 11 is 0. The van der Waals surface area contributed by atoms with Crippen molar-refractivity contribution >= 4 is 0 Å². The van der Waals surface area contributed by atoms with Crippen LogP contribution in [-0.2, 0) is 19.5 Å². The number of unbranched alkanes of at least 4 members (excludes halogenated alkanes) is 13. The molecule has 0 aliphatic carbocycles. The molecule has 2 nitrogen and oxygen atoms in total. The number of imidazole rings is 1. The number of aromatic nitrogens is 2. The molecular weight excluding hydrogens is 328 g/mol. The van der Waals surface area contributed by atoms with Gasteiger partial charge in [0, 0.05) is 6.42 Å². The van der Waals surface area contributed by atoms with Crippen molar-refractivity contribution in [3.8, 4) is 0 Å². The van der Waals surface area contributed by atoms with Gasteiger partial charge in [0.15, 0.2) is 0 Å². The van der Waals surface area contributed by atoms with Gasteiger partial charge in [-0.25, -0.2) is 9.13 Å². The fraction of sp³-hybridized carbons (Fsp3) is 0.880. The molecule has 2 heteroatoms. The standard InChI is InChI=1S/C25H49N2/c1-4-7-10-11-12-13-14-15-16-17-18-20-25-26(21-9-6-3)23-24-27(25)22-19-8-5-2/h23-24H,4-22H2,1-3H3/q+1. The van der Waals surface area contributed by atoms with Gasteiger partial charge in [-0.2, -0.15) is 0 Å². The SMILES string of the molecule is CCCCCCCCCCCCCc1n(CCCC)cc[n+]1CCCCC. The maximum absolute atomic E-state index is 2.54. The van der Waals surface area contributed by atoms with Crippen LogP contribution in [0.4, 0.5) is 0 Å². The van der Waals surface area contributed by atoms with Crippen LogP contribution in [0.5, 0.6) is 0 Å². The minimum atomic E-state index is 1.20. The molecule has 0 aliphatic rings. The summed E-state index contributed by atoms with van der Waals surface area (Å²) in [5.41, 5.74) is 0. The Hall–Kier alpha value is -0.790. The average molecular weight is 378 g/mol. The average Bonchev–Trinajstić information content (AvgIpc) is 3.06. The molecule has 0 atom stereocenters. The molecule has 0 unspecified atom stereocenters. The van der Waals surface area contributed by atoms with Gasteiger partial charge in [-0.3, -0.25) is 0 Å². The highest BCUT2D eigenvalue weighted by atomic mass is 15.1. The van der Waals surface area contributed by atoms with E-state index >= 15 is 0 Å². The fourth-order valence-corrected chi connectivity index (χ4v) is 4.00. The second-order valence-electron chi connectivity index (χ2n) is 8.45. The van der Waals surface area contributed by atoms with E-state index in [-0.39, 0.29) is 0 Å². The number of nitrogens with zero attached hydrogens (tertiary/aromatic N) is 2. The van der Waals surface area contributed by atoms with Gasteiger partial charge in [0.05, 0.1) is 13.1 Å². The van der Waals surface area contributed by atoms with Crippen LogP contribution in [0, 0.1) is 0 Å². The first kappa shape index (κ1) is 24.2. The minimum Gasteiger partial charge on any atom is -0.234 e. The Morgan fingerprint density at radius 3 is 1.74 bits per heavy atom. The first-order chi connectivity index (χ1) is 13.3. The summed E-state index contributed by atoms with van der Waals surface area (Å²) in [7, 11) is 0. The molecule has 0 spiro atoms. The molecule has 0 aliphatic heterocycles. The smallest absolute Gasteiger partial charge is 0.234 e. The van der Waals surface area contributed by atoms with Crippen LogP contribution in [0.2, 0.25) is 0 Å². The molecule has 0 radical (unpaired) electrons. The Labute approximate surface area is 170 Å². The topological polar surface area (TPSA) is 8.81 Å². The largest absolute Gasteiger partial charge is 0.256 e. The van der Waals surface area contributed by atoms with Gasteiger partial charge in [0.2, 0.25) is 0 Å². The molecule has 1 aromatic heterocycles. The van der Waals surface area contributed by atoms with Gasteiger partial charge >= 0.3 is 0 Å². The summed E-state index contributed by atoms with van der Waals surface area (Å²) in [6.45, 7) is 9.30. The molecule has 0 saturated carbocycles. The van der Waals surface area contributed by atoms with Crippen molar-refractivity contribution in [1.29, 1.82) is 0 Å². The van der Waals surface area contributed by atoms with Crippen molar-refractivity contribution in [3.05, 3.63) is 18.2 Å². The molecular formula is C25H49N2+. The predicted octanol–water partition coefficient (Wildman–Crippen LogP) is 7.62. The second kappa shape index (κ2) is 17.3. The Morgan fingerprint density at radius 2 is 1.15 bits per heavy atom. The third-order valence-electron chi connectivity index (χ3n) is 5.85. The normalized spacial score (nSPS) is 11.4. The Morgan fingerprint density at radius 1 is 0.630 bits per heavy atom. The second-order valence-corrected chi connectivity index (χ2v) is 8.45. The zero-order chi connectivity index (χ0) is 19.6. The van der Waals surface area contributed by atoms with Gasteiger partial charge in [-0.1, -0.05) is 97.8 Å². The van der Waals surface area contributed by atoms with Crippen LogP contribution in [0.1, 0.15) is 129 Å². The monoisotopic (exact) mass is 377 g/mol. The quantitative estimate of drug-likeness (QED) is 0.173. The van der Waals surface area contributed by atoms with Crippen LogP contribution in [0.25, 0.3) is 0 Å². The van der Waals surface area contributed by atoms with Gasteiger partial charge in [0.1, 0.15) is 12.4 Å². The number of hydrogen-bond acceptors (Lipinski definition) is 0. The lowest BCUT2D eigenvalue weighted by molar-refractivity contribution is -0.704. The third-order valence-corrected chi connectivity index (χ3v) is 5.85. The molecule has 1 rings (SSSR count). The van der Waals surface area contributed by atoms with Crippen LogP contribution < -0.4 is 4.57 Å². The Kier molecular flexibility index (Phi) is 15.6. The summed E-state index contributed by atoms with van der Waals surface area (Å²) in [5.74, 6) is 1.58. The van der Waals surface area contributed by atoms with E-state index in [1.54, 1.807) is 5.82 Å². The van der Waals surface area contributed by atoms with Crippen molar-refractivity contribution in [1.82, 2.24) is 4.57 Å². The van der Waals surface area contributed by atoms with Gasteiger partial charge in [-0.05, 0) is 25.7 Å².